The van der Waals surface area contributed by atoms with Crippen molar-refractivity contribution in [2.75, 3.05) is 4.90 Å². The fourth-order valence-electron chi connectivity index (χ4n) is 8.95. The maximum Gasteiger partial charge on any atom is 0.152 e. The third-order valence-electron chi connectivity index (χ3n) is 11.6. The molecule has 0 N–H and O–H groups in total. The molecule has 0 amide bonds. The molecule has 8 aromatic carbocycles. The van der Waals surface area contributed by atoms with Crippen LogP contribution in [-0.2, 0) is 5.41 Å². The molecule has 54 heavy (non-hydrogen) atoms. The van der Waals surface area contributed by atoms with Gasteiger partial charge in [-0.2, -0.15) is 0 Å². The number of benzene rings is 8. The van der Waals surface area contributed by atoms with Gasteiger partial charge in [0.15, 0.2) is 11.5 Å². The van der Waals surface area contributed by atoms with Crippen molar-refractivity contribution in [1.29, 1.82) is 0 Å². The summed E-state index contributed by atoms with van der Waals surface area (Å²) in [5, 5.41) is 2.47. The van der Waals surface area contributed by atoms with Crippen LogP contribution < -0.4 is 9.64 Å². The lowest BCUT2D eigenvalue weighted by Crippen LogP contribution is -2.15. The van der Waals surface area contributed by atoms with Crippen LogP contribution in [-0.4, -0.2) is 4.57 Å². The summed E-state index contributed by atoms with van der Waals surface area (Å²) >= 11 is 0. The van der Waals surface area contributed by atoms with Gasteiger partial charge in [0.1, 0.15) is 0 Å². The average Bonchev–Trinajstić information content (AvgIpc) is 3.67. The first-order valence-electron chi connectivity index (χ1n) is 18.7. The molecule has 0 fully saturated rings. The Morgan fingerprint density at radius 2 is 1.09 bits per heavy atom. The van der Waals surface area contributed by atoms with Crippen LogP contribution in [0.3, 0.4) is 0 Å². The lowest BCUT2D eigenvalue weighted by molar-refractivity contribution is 0.477. The van der Waals surface area contributed by atoms with Crippen molar-refractivity contribution < 1.29 is 4.74 Å². The van der Waals surface area contributed by atoms with Crippen LogP contribution in [0.2, 0.25) is 0 Å². The number of anilines is 3. The maximum atomic E-state index is 6.66. The molecule has 1 aliphatic heterocycles. The molecule has 3 heteroatoms. The molecule has 0 unspecified atom stereocenters. The van der Waals surface area contributed by atoms with E-state index in [-0.39, 0.29) is 5.41 Å². The highest BCUT2D eigenvalue weighted by Crippen LogP contribution is 2.52. The molecular weight excluding hydrogens is 657 g/mol. The number of rotatable bonds is 4. The number of ether oxygens (including phenoxy) is 1. The van der Waals surface area contributed by atoms with Crippen molar-refractivity contribution >= 4 is 38.9 Å². The Labute approximate surface area is 315 Å². The Morgan fingerprint density at radius 1 is 0.407 bits per heavy atom. The summed E-state index contributed by atoms with van der Waals surface area (Å²) in [6.07, 6.45) is 0. The minimum atomic E-state index is -0.0237. The van der Waals surface area contributed by atoms with E-state index in [2.05, 4.69) is 199 Å². The van der Waals surface area contributed by atoms with Crippen molar-refractivity contribution in [2.24, 2.45) is 0 Å². The Bertz CT molecular complexity index is 2950. The number of hydrogen-bond acceptors (Lipinski definition) is 2. The van der Waals surface area contributed by atoms with Gasteiger partial charge in [-0.3, -0.25) is 0 Å². The SMILES string of the molecule is CC1(C)c2ccccc2-c2cc(-n3c4ccccc4c4cc(-c5ccc6c(c5)Oc5ccccc5N6c5cccc(-c6ccccc6)c5)ccc43)ccc21. The highest BCUT2D eigenvalue weighted by Gasteiger charge is 2.35. The predicted octanol–water partition coefficient (Wildman–Crippen LogP) is 14.0. The molecular formula is C51H36N2O. The molecule has 2 aliphatic rings. The molecule has 0 saturated heterocycles. The summed E-state index contributed by atoms with van der Waals surface area (Å²) in [7, 11) is 0. The fourth-order valence-corrected chi connectivity index (χ4v) is 8.95. The van der Waals surface area contributed by atoms with Gasteiger partial charge in [0.25, 0.3) is 0 Å². The summed E-state index contributed by atoms with van der Waals surface area (Å²) < 4.78 is 9.08. The zero-order chi connectivity index (χ0) is 36.0. The first kappa shape index (κ1) is 30.8. The normalized spacial score (nSPS) is 13.6. The van der Waals surface area contributed by atoms with E-state index in [9.17, 15) is 0 Å². The van der Waals surface area contributed by atoms with Gasteiger partial charge in [-0.05, 0) is 111 Å². The Kier molecular flexibility index (Phi) is 6.60. The van der Waals surface area contributed by atoms with Gasteiger partial charge in [0.2, 0.25) is 0 Å². The molecule has 0 saturated carbocycles. The van der Waals surface area contributed by atoms with E-state index < -0.39 is 0 Å². The molecule has 0 atom stereocenters. The number of hydrogen-bond donors (Lipinski definition) is 0. The first-order valence-corrected chi connectivity index (χ1v) is 18.7. The predicted molar refractivity (Wildman–Crippen MR) is 224 cm³/mol. The van der Waals surface area contributed by atoms with Crippen LogP contribution in [0.1, 0.15) is 25.0 Å². The van der Waals surface area contributed by atoms with Crippen molar-refractivity contribution in [3.05, 3.63) is 193 Å². The number of para-hydroxylation sites is 3. The van der Waals surface area contributed by atoms with Crippen LogP contribution in [0.4, 0.5) is 17.1 Å². The van der Waals surface area contributed by atoms with Gasteiger partial charge >= 0.3 is 0 Å². The number of aromatic nitrogens is 1. The lowest BCUT2D eigenvalue weighted by atomic mass is 9.82. The Balaban J connectivity index is 1.02. The fraction of sp³-hybridized carbons (Fsp3) is 0.0588. The second kappa shape index (κ2) is 11.6. The summed E-state index contributed by atoms with van der Waals surface area (Å²) in [6.45, 7) is 4.68. The molecule has 3 nitrogen and oxygen atoms in total. The van der Waals surface area contributed by atoms with Crippen molar-refractivity contribution in [1.82, 2.24) is 4.57 Å². The van der Waals surface area contributed by atoms with E-state index in [0.29, 0.717) is 0 Å². The molecule has 0 spiro atoms. The second-order valence-electron chi connectivity index (χ2n) is 15.0. The largest absolute Gasteiger partial charge is 0.453 e. The van der Waals surface area contributed by atoms with Crippen molar-refractivity contribution in [3.63, 3.8) is 0 Å². The molecule has 11 rings (SSSR count). The van der Waals surface area contributed by atoms with E-state index in [1.54, 1.807) is 0 Å². The lowest BCUT2D eigenvalue weighted by Gasteiger charge is -2.33. The van der Waals surface area contributed by atoms with E-state index in [0.717, 1.165) is 39.7 Å². The maximum absolute atomic E-state index is 6.66. The van der Waals surface area contributed by atoms with Crippen LogP contribution in [0.25, 0.3) is 60.9 Å². The van der Waals surface area contributed by atoms with Crippen molar-refractivity contribution in [2.45, 2.75) is 19.3 Å². The van der Waals surface area contributed by atoms with Gasteiger partial charge < -0.3 is 14.2 Å². The minimum absolute atomic E-state index is 0.0237. The summed E-state index contributed by atoms with van der Waals surface area (Å²) in [6, 6.07) is 65.8. The second-order valence-corrected chi connectivity index (χ2v) is 15.0. The summed E-state index contributed by atoms with van der Waals surface area (Å²) in [5.41, 5.74) is 16.8. The van der Waals surface area contributed by atoms with E-state index in [4.69, 9.17) is 4.74 Å². The Morgan fingerprint density at radius 3 is 2.02 bits per heavy atom. The van der Waals surface area contributed by atoms with Gasteiger partial charge in [0.05, 0.1) is 22.4 Å². The standard InChI is InChI=1S/C51H36N2O/c1-51(2)43-19-8-6-17-39(43)41-32-38(25-26-44(41)51)52-45-20-9-7-18-40(45)42-30-35(23-27-46(42)52)36-24-28-48-50(31-36)54-49-22-11-10-21-47(49)53(48)37-16-12-15-34(29-37)33-13-4-3-5-14-33/h3-32H,1-2H3. The molecule has 1 aliphatic carbocycles. The number of fused-ring (bicyclic) bond motifs is 8. The topological polar surface area (TPSA) is 17.4 Å². The highest BCUT2D eigenvalue weighted by molar-refractivity contribution is 6.10. The molecule has 1 aromatic heterocycles. The molecule has 0 radical (unpaired) electrons. The van der Waals surface area contributed by atoms with Crippen molar-refractivity contribution in [3.8, 4) is 50.6 Å². The van der Waals surface area contributed by atoms with Crippen LogP contribution in [0.15, 0.2) is 182 Å². The van der Waals surface area contributed by atoms with Crippen LogP contribution in [0.5, 0.6) is 11.5 Å². The van der Waals surface area contributed by atoms with E-state index in [1.807, 2.05) is 6.07 Å². The van der Waals surface area contributed by atoms with Gasteiger partial charge in [0, 0.05) is 27.6 Å². The van der Waals surface area contributed by atoms with Gasteiger partial charge in [-0.1, -0.05) is 129 Å². The van der Waals surface area contributed by atoms with Crippen LogP contribution in [0, 0.1) is 0 Å². The molecule has 0 bridgehead atoms. The zero-order valence-corrected chi connectivity index (χ0v) is 30.1. The monoisotopic (exact) mass is 692 g/mol. The van der Waals surface area contributed by atoms with E-state index >= 15 is 0 Å². The third-order valence-corrected chi connectivity index (χ3v) is 11.6. The van der Waals surface area contributed by atoms with Crippen LogP contribution >= 0.6 is 0 Å². The van der Waals surface area contributed by atoms with Gasteiger partial charge in [-0.25, -0.2) is 0 Å². The minimum Gasteiger partial charge on any atom is -0.453 e. The first-order chi connectivity index (χ1) is 26.5. The highest BCUT2D eigenvalue weighted by atomic mass is 16.5. The molecule has 256 valence electrons. The quantitative estimate of drug-likeness (QED) is 0.183. The Hall–Kier alpha value is -6.84. The molecule has 9 aromatic rings. The zero-order valence-electron chi connectivity index (χ0n) is 30.1. The smallest absolute Gasteiger partial charge is 0.152 e. The van der Waals surface area contributed by atoms with Gasteiger partial charge in [-0.15, -0.1) is 0 Å². The molecule has 2 heterocycles. The number of nitrogens with zero attached hydrogens (tertiary/aromatic N) is 2. The summed E-state index contributed by atoms with van der Waals surface area (Å²) in [5.74, 6) is 1.67. The third kappa shape index (κ3) is 4.55. The average molecular weight is 693 g/mol. The summed E-state index contributed by atoms with van der Waals surface area (Å²) in [4.78, 5) is 2.32. The van der Waals surface area contributed by atoms with E-state index in [1.165, 1.54) is 60.9 Å².